The molecule has 1 atom stereocenters. The summed E-state index contributed by atoms with van der Waals surface area (Å²) in [6.45, 7) is 2.13. The minimum Gasteiger partial charge on any atom is -0.489 e. The number of allylic oxidation sites excluding steroid dienone is 1. The maximum absolute atomic E-state index is 12.2. The third-order valence-corrected chi connectivity index (χ3v) is 4.75. The standard InChI is InChI=1S/C16H17NO5S/c1-3-21-16(18)14-8-13-11(9-17(14)23(2,19)20)10-22-15-7-5-4-6-12(13)15/h4-9,13H,3,10H2,1-2H3/t13-/m0/s1. The molecular weight excluding hydrogens is 318 g/mol. The highest BCUT2D eigenvalue weighted by Gasteiger charge is 2.35. The average molecular weight is 335 g/mol. The molecule has 3 rings (SSSR count). The van der Waals surface area contributed by atoms with Crippen molar-refractivity contribution < 1.29 is 22.7 Å². The summed E-state index contributed by atoms with van der Waals surface area (Å²) in [6.07, 6.45) is 4.15. The molecule has 0 aromatic heterocycles. The molecule has 7 heteroatoms. The smallest absolute Gasteiger partial charge is 0.355 e. The minimum atomic E-state index is -3.63. The first-order valence-electron chi connectivity index (χ1n) is 7.22. The number of carbonyl (C=O) groups excluding carboxylic acids is 1. The van der Waals surface area contributed by atoms with Crippen molar-refractivity contribution in [3.8, 4) is 5.75 Å². The number of esters is 1. The summed E-state index contributed by atoms with van der Waals surface area (Å²) < 4.78 is 35.7. The lowest BCUT2D eigenvalue weighted by Gasteiger charge is -2.33. The van der Waals surface area contributed by atoms with Gasteiger partial charge in [-0.2, -0.15) is 0 Å². The quantitative estimate of drug-likeness (QED) is 0.787. The van der Waals surface area contributed by atoms with Gasteiger partial charge in [-0.15, -0.1) is 0 Å². The monoisotopic (exact) mass is 335 g/mol. The molecule has 0 amide bonds. The number of para-hydroxylation sites is 1. The molecule has 2 aliphatic heterocycles. The van der Waals surface area contributed by atoms with Crippen molar-refractivity contribution in [2.24, 2.45) is 0 Å². The van der Waals surface area contributed by atoms with Crippen LogP contribution in [0.3, 0.4) is 0 Å². The lowest BCUT2D eigenvalue weighted by Crippen LogP contribution is -2.34. The van der Waals surface area contributed by atoms with Gasteiger partial charge in [0.1, 0.15) is 18.1 Å². The predicted octanol–water partition coefficient (Wildman–Crippen LogP) is 1.77. The Morgan fingerprint density at radius 1 is 1.39 bits per heavy atom. The maximum Gasteiger partial charge on any atom is 0.355 e. The van der Waals surface area contributed by atoms with Gasteiger partial charge < -0.3 is 9.47 Å². The van der Waals surface area contributed by atoms with E-state index in [0.29, 0.717) is 0 Å². The Hall–Kier alpha value is -2.28. The summed E-state index contributed by atoms with van der Waals surface area (Å²) in [5.74, 6) is -0.114. The Labute approximate surface area is 135 Å². The van der Waals surface area contributed by atoms with Gasteiger partial charge >= 0.3 is 5.97 Å². The van der Waals surface area contributed by atoms with Gasteiger partial charge in [-0.1, -0.05) is 18.2 Å². The largest absolute Gasteiger partial charge is 0.489 e. The summed E-state index contributed by atoms with van der Waals surface area (Å²) in [5, 5.41) is 0. The zero-order valence-electron chi connectivity index (χ0n) is 12.9. The van der Waals surface area contributed by atoms with Gasteiger partial charge in [0.15, 0.2) is 0 Å². The molecule has 1 aromatic rings. The van der Waals surface area contributed by atoms with E-state index >= 15 is 0 Å². The second-order valence-electron chi connectivity index (χ2n) is 5.34. The van der Waals surface area contributed by atoms with Gasteiger partial charge in [0.25, 0.3) is 0 Å². The average Bonchev–Trinajstić information content (AvgIpc) is 2.53. The minimum absolute atomic E-state index is 0.0137. The lowest BCUT2D eigenvalue weighted by atomic mass is 9.87. The zero-order chi connectivity index (χ0) is 16.6. The fourth-order valence-electron chi connectivity index (χ4n) is 2.72. The van der Waals surface area contributed by atoms with E-state index in [1.165, 1.54) is 6.20 Å². The predicted molar refractivity (Wildman–Crippen MR) is 84.2 cm³/mol. The Morgan fingerprint density at radius 2 is 2.13 bits per heavy atom. The topological polar surface area (TPSA) is 72.9 Å². The van der Waals surface area contributed by atoms with E-state index < -0.39 is 16.0 Å². The molecule has 0 saturated heterocycles. The van der Waals surface area contributed by atoms with Crippen molar-refractivity contribution in [3.63, 3.8) is 0 Å². The first kappa shape index (κ1) is 15.6. The first-order valence-corrected chi connectivity index (χ1v) is 9.07. The van der Waals surface area contributed by atoms with Gasteiger partial charge in [0.05, 0.1) is 12.9 Å². The second-order valence-corrected chi connectivity index (χ2v) is 7.20. The Morgan fingerprint density at radius 3 is 2.83 bits per heavy atom. The van der Waals surface area contributed by atoms with Crippen LogP contribution in [0.5, 0.6) is 5.75 Å². The third-order valence-electron chi connectivity index (χ3n) is 3.73. The summed E-state index contributed by atoms with van der Waals surface area (Å²) in [5.41, 5.74) is 1.70. The summed E-state index contributed by atoms with van der Waals surface area (Å²) in [7, 11) is -3.63. The number of rotatable bonds is 3. The van der Waals surface area contributed by atoms with E-state index in [-0.39, 0.29) is 24.8 Å². The molecule has 0 fully saturated rings. The van der Waals surface area contributed by atoms with Crippen LogP contribution >= 0.6 is 0 Å². The molecular formula is C16H17NO5S. The van der Waals surface area contributed by atoms with Crippen LogP contribution in [0.1, 0.15) is 18.4 Å². The van der Waals surface area contributed by atoms with Crippen LogP contribution in [0.2, 0.25) is 0 Å². The Kier molecular flexibility index (Phi) is 3.89. The first-order chi connectivity index (χ1) is 10.9. The third kappa shape index (κ3) is 2.84. The molecule has 23 heavy (non-hydrogen) atoms. The van der Waals surface area contributed by atoms with E-state index in [0.717, 1.165) is 27.4 Å². The van der Waals surface area contributed by atoms with Crippen LogP contribution in [0.25, 0.3) is 0 Å². The zero-order valence-corrected chi connectivity index (χ0v) is 13.7. The van der Waals surface area contributed by atoms with Gasteiger partial charge in [0.2, 0.25) is 10.0 Å². The number of fused-ring (bicyclic) bond motifs is 3. The lowest BCUT2D eigenvalue weighted by molar-refractivity contribution is -0.139. The molecule has 2 aliphatic rings. The van der Waals surface area contributed by atoms with Crippen LogP contribution in [-0.4, -0.2) is 38.2 Å². The number of nitrogens with zero attached hydrogens (tertiary/aromatic N) is 1. The molecule has 1 aromatic carbocycles. The number of sulfonamides is 1. The van der Waals surface area contributed by atoms with Crippen molar-refractivity contribution in [2.45, 2.75) is 12.8 Å². The van der Waals surface area contributed by atoms with E-state index in [1.54, 1.807) is 13.0 Å². The van der Waals surface area contributed by atoms with E-state index in [4.69, 9.17) is 9.47 Å². The van der Waals surface area contributed by atoms with Crippen LogP contribution in [0.4, 0.5) is 0 Å². The molecule has 0 unspecified atom stereocenters. The highest BCUT2D eigenvalue weighted by atomic mass is 32.2. The number of benzene rings is 1. The molecule has 0 spiro atoms. The SMILES string of the molecule is CCOC(=O)C1=C[C@H]2C(=CN1S(C)(=O)=O)COc1ccccc12. The van der Waals surface area contributed by atoms with Gasteiger partial charge in [0, 0.05) is 17.7 Å². The molecule has 0 radical (unpaired) electrons. The van der Waals surface area contributed by atoms with Crippen molar-refractivity contribution in [1.82, 2.24) is 4.31 Å². The molecule has 6 nitrogen and oxygen atoms in total. The molecule has 0 bridgehead atoms. The summed E-state index contributed by atoms with van der Waals surface area (Å²) in [4.78, 5) is 12.2. The normalized spacial score (nSPS) is 19.7. The highest BCUT2D eigenvalue weighted by molar-refractivity contribution is 7.88. The molecule has 0 N–H and O–H groups in total. The van der Waals surface area contributed by atoms with Crippen LogP contribution in [0.15, 0.2) is 47.8 Å². The Bertz CT molecular complexity index is 810. The van der Waals surface area contributed by atoms with Gasteiger partial charge in [-0.05, 0) is 24.6 Å². The fraction of sp³-hybridized carbons (Fsp3) is 0.312. The number of hydrogen-bond acceptors (Lipinski definition) is 5. The van der Waals surface area contributed by atoms with E-state index in [9.17, 15) is 13.2 Å². The fourth-order valence-corrected chi connectivity index (χ4v) is 3.54. The number of carbonyl (C=O) groups is 1. The van der Waals surface area contributed by atoms with E-state index in [1.807, 2.05) is 24.3 Å². The molecule has 0 aliphatic carbocycles. The summed E-state index contributed by atoms with van der Waals surface area (Å²) in [6, 6.07) is 7.51. The molecule has 2 heterocycles. The van der Waals surface area contributed by atoms with Crippen LogP contribution in [0, 0.1) is 0 Å². The van der Waals surface area contributed by atoms with Crippen LogP contribution < -0.4 is 4.74 Å². The van der Waals surface area contributed by atoms with E-state index in [2.05, 4.69) is 0 Å². The highest BCUT2D eigenvalue weighted by Crippen LogP contribution is 2.41. The van der Waals surface area contributed by atoms with Crippen molar-refractivity contribution in [1.29, 1.82) is 0 Å². The molecule has 122 valence electrons. The number of hydrogen-bond donors (Lipinski definition) is 0. The maximum atomic E-state index is 12.2. The number of ether oxygens (including phenoxy) is 2. The van der Waals surface area contributed by atoms with Crippen molar-refractivity contribution in [2.75, 3.05) is 19.5 Å². The Balaban J connectivity index is 2.10. The van der Waals surface area contributed by atoms with Crippen LogP contribution in [-0.2, 0) is 19.6 Å². The van der Waals surface area contributed by atoms with Crippen molar-refractivity contribution >= 4 is 16.0 Å². The summed E-state index contributed by atoms with van der Waals surface area (Å²) >= 11 is 0. The van der Waals surface area contributed by atoms with Crippen molar-refractivity contribution in [3.05, 3.63) is 53.4 Å². The molecule has 0 saturated carbocycles. The van der Waals surface area contributed by atoms with Gasteiger partial charge in [-0.25, -0.2) is 17.5 Å². The second kappa shape index (κ2) is 5.73. The van der Waals surface area contributed by atoms with Gasteiger partial charge in [-0.3, -0.25) is 0 Å².